The van der Waals surface area contributed by atoms with Gasteiger partial charge < -0.3 is 5.32 Å². The van der Waals surface area contributed by atoms with Crippen molar-refractivity contribution in [3.05, 3.63) is 29.6 Å². The Morgan fingerprint density at radius 2 is 1.94 bits per heavy atom. The fourth-order valence-corrected chi connectivity index (χ4v) is 2.99. The number of sulfone groups is 1. The monoisotopic (exact) mass is 257 g/mol. The van der Waals surface area contributed by atoms with Gasteiger partial charge in [0.25, 0.3) is 0 Å². The first-order chi connectivity index (χ1) is 7.98. The van der Waals surface area contributed by atoms with Crippen molar-refractivity contribution in [2.45, 2.75) is 23.7 Å². The van der Waals surface area contributed by atoms with Crippen LogP contribution in [0.25, 0.3) is 0 Å². The fourth-order valence-electron chi connectivity index (χ4n) is 2.21. The van der Waals surface area contributed by atoms with Gasteiger partial charge in [-0.2, -0.15) is 0 Å². The Morgan fingerprint density at radius 3 is 2.53 bits per heavy atom. The quantitative estimate of drug-likeness (QED) is 0.877. The molecule has 1 N–H and O–H groups in total. The molecule has 1 heterocycles. The molecule has 0 saturated carbocycles. The normalized spacial score (nSPS) is 18.2. The molecular formula is C12H16FNO2S. The van der Waals surface area contributed by atoms with Crippen molar-refractivity contribution < 1.29 is 12.8 Å². The third-order valence-corrected chi connectivity index (χ3v) is 4.28. The molecule has 0 amide bonds. The van der Waals surface area contributed by atoms with Crippen molar-refractivity contribution in [1.29, 1.82) is 0 Å². The van der Waals surface area contributed by atoms with Crippen LogP contribution in [-0.2, 0) is 9.84 Å². The van der Waals surface area contributed by atoms with Crippen LogP contribution >= 0.6 is 0 Å². The molecule has 0 radical (unpaired) electrons. The van der Waals surface area contributed by atoms with Crippen molar-refractivity contribution in [2.75, 3.05) is 19.3 Å². The molecule has 94 valence electrons. The number of benzene rings is 1. The number of hydrogen-bond donors (Lipinski definition) is 1. The summed E-state index contributed by atoms with van der Waals surface area (Å²) in [5, 5.41) is 3.25. The van der Waals surface area contributed by atoms with E-state index in [9.17, 15) is 12.8 Å². The molecule has 0 bridgehead atoms. The molecule has 1 aromatic carbocycles. The zero-order valence-electron chi connectivity index (χ0n) is 9.74. The predicted molar refractivity (Wildman–Crippen MR) is 64.4 cm³/mol. The zero-order chi connectivity index (χ0) is 12.5. The van der Waals surface area contributed by atoms with Gasteiger partial charge in [0.05, 0.1) is 0 Å². The molecule has 0 aromatic heterocycles. The minimum absolute atomic E-state index is 0.187. The minimum Gasteiger partial charge on any atom is -0.317 e. The molecule has 2 rings (SSSR count). The number of hydrogen-bond acceptors (Lipinski definition) is 3. The Bertz CT molecular complexity index is 507. The number of piperidine rings is 1. The largest absolute Gasteiger partial charge is 0.317 e. The number of nitrogens with one attached hydrogen (secondary N) is 1. The lowest BCUT2D eigenvalue weighted by molar-refractivity contribution is 0.458. The molecule has 3 nitrogen and oxygen atoms in total. The van der Waals surface area contributed by atoms with E-state index in [1.165, 1.54) is 12.1 Å². The molecule has 0 aliphatic carbocycles. The molecule has 1 aromatic rings. The second-order valence-corrected chi connectivity index (χ2v) is 6.47. The lowest BCUT2D eigenvalue weighted by Gasteiger charge is -2.23. The molecular weight excluding hydrogens is 241 g/mol. The van der Waals surface area contributed by atoms with E-state index in [4.69, 9.17) is 0 Å². The fraction of sp³-hybridized carbons (Fsp3) is 0.500. The molecule has 5 heteroatoms. The first-order valence-electron chi connectivity index (χ1n) is 5.69. The molecule has 1 aliphatic rings. The minimum atomic E-state index is -3.49. The Balaban J connectivity index is 2.37. The van der Waals surface area contributed by atoms with Gasteiger partial charge in [0.2, 0.25) is 0 Å². The van der Waals surface area contributed by atoms with E-state index in [0.717, 1.165) is 37.8 Å². The zero-order valence-corrected chi connectivity index (χ0v) is 10.6. The van der Waals surface area contributed by atoms with Crippen LogP contribution in [0.5, 0.6) is 0 Å². The van der Waals surface area contributed by atoms with E-state index < -0.39 is 15.7 Å². The highest BCUT2D eigenvalue weighted by molar-refractivity contribution is 7.90. The van der Waals surface area contributed by atoms with Gasteiger partial charge in [-0.05, 0) is 49.5 Å². The first kappa shape index (κ1) is 12.5. The van der Waals surface area contributed by atoms with E-state index in [2.05, 4.69) is 5.32 Å². The topological polar surface area (TPSA) is 46.2 Å². The summed E-state index contributed by atoms with van der Waals surface area (Å²) in [4.78, 5) is -0.187. The summed E-state index contributed by atoms with van der Waals surface area (Å²) >= 11 is 0. The standard InChI is InChI=1S/C12H16FNO2S/c1-17(15,16)12-8-10(2-3-11(12)13)9-4-6-14-7-5-9/h2-3,8-9,14H,4-7H2,1H3. The molecule has 17 heavy (non-hydrogen) atoms. The van der Waals surface area contributed by atoms with Gasteiger partial charge in [0.15, 0.2) is 9.84 Å². The summed E-state index contributed by atoms with van der Waals surface area (Å²) in [5.74, 6) is -0.331. The summed E-state index contributed by atoms with van der Waals surface area (Å²) in [6.45, 7) is 1.85. The molecule has 1 saturated heterocycles. The van der Waals surface area contributed by atoms with Crippen LogP contribution in [0, 0.1) is 5.82 Å². The second-order valence-electron chi connectivity index (χ2n) is 4.49. The van der Waals surface area contributed by atoms with E-state index >= 15 is 0 Å². The highest BCUT2D eigenvalue weighted by Crippen LogP contribution is 2.28. The maximum Gasteiger partial charge on any atom is 0.178 e. The average molecular weight is 257 g/mol. The summed E-state index contributed by atoms with van der Waals surface area (Å²) in [5.41, 5.74) is 0.924. The van der Waals surface area contributed by atoms with Gasteiger partial charge in [-0.1, -0.05) is 6.07 Å². The van der Waals surface area contributed by atoms with Crippen LogP contribution in [0.15, 0.2) is 23.1 Å². The molecule has 1 aliphatic heterocycles. The third kappa shape index (κ3) is 2.84. The lowest BCUT2D eigenvalue weighted by Crippen LogP contribution is -2.26. The van der Waals surface area contributed by atoms with Gasteiger partial charge in [-0.15, -0.1) is 0 Å². The molecule has 0 unspecified atom stereocenters. The van der Waals surface area contributed by atoms with Gasteiger partial charge in [0.1, 0.15) is 10.7 Å². The summed E-state index contributed by atoms with van der Waals surface area (Å²) in [6, 6.07) is 4.44. The summed E-state index contributed by atoms with van der Waals surface area (Å²) in [7, 11) is -3.49. The van der Waals surface area contributed by atoms with Crippen LogP contribution < -0.4 is 5.32 Å². The Hall–Kier alpha value is -0.940. The van der Waals surface area contributed by atoms with Gasteiger partial charge >= 0.3 is 0 Å². The van der Waals surface area contributed by atoms with Crippen molar-refractivity contribution in [3.63, 3.8) is 0 Å². The molecule has 0 spiro atoms. The Morgan fingerprint density at radius 1 is 1.29 bits per heavy atom. The number of halogens is 1. The van der Waals surface area contributed by atoms with Crippen molar-refractivity contribution >= 4 is 9.84 Å². The van der Waals surface area contributed by atoms with E-state index in [1.54, 1.807) is 6.07 Å². The Kier molecular flexibility index (Phi) is 3.49. The van der Waals surface area contributed by atoms with Crippen LogP contribution in [-0.4, -0.2) is 27.8 Å². The molecule has 0 atom stereocenters. The van der Waals surface area contributed by atoms with Gasteiger partial charge in [0, 0.05) is 6.26 Å². The second kappa shape index (κ2) is 4.74. The maximum atomic E-state index is 13.4. The predicted octanol–water partition coefficient (Wildman–Crippen LogP) is 1.70. The van der Waals surface area contributed by atoms with Gasteiger partial charge in [-0.3, -0.25) is 0 Å². The lowest BCUT2D eigenvalue weighted by atomic mass is 9.90. The van der Waals surface area contributed by atoms with Crippen molar-refractivity contribution in [3.8, 4) is 0 Å². The first-order valence-corrected chi connectivity index (χ1v) is 7.58. The van der Waals surface area contributed by atoms with Crippen LogP contribution in [0.1, 0.15) is 24.3 Å². The highest BCUT2D eigenvalue weighted by Gasteiger charge is 2.19. The van der Waals surface area contributed by atoms with E-state index in [0.29, 0.717) is 5.92 Å². The highest BCUT2D eigenvalue weighted by atomic mass is 32.2. The van der Waals surface area contributed by atoms with Crippen molar-refractivity contribution in [1.82, 2.24) is 5.32 Å². The average Bonchev–Trinajstić information content (AvgIpc) is 2.29. The third-order valence-electron chi connectivity index (χ3n) is 3.17. The van der Waals surface area contributed by atoms with Crippen LogP contribution in [0.2, 0.25) is 0 Å². The molecule has 1 fully saturated rings. The van der Waals surface area contributed by atoms with E-state index in [1.807, 2.05) is 0 Å². The maximum absolute atomic E-state index is 13.4. The SMILES string of the molecule is CS(=O)(=O)c1cc(C2CCNCC2)ccc1F. The smallest absolute Gasteiger partial charge is 0.178 e. The van der Waals surface area contributed by atoms with Crippen LogP contribution in [0.4, 0.5) is 4.39 Å². The van der Waals surface area contributed by atoms with E-state index in [-0.39, 0.29) is 4.90 Å². The number of rotatable bonds is 2. The van der Waals surface area contributed by atoms with Gasteiger partial charge in [-0.25, -0.2) is 12.8 Å². The van der Waals surface area contributed by atoms with Crippen LogP contribution in [0.3, 0.4) is 0 Å². The Labute approximate surface area is 101 Å². The summed E-state index contributed by atoms with van der Waals surface area (Å²) < 4.78 is 36.3. The summed E-state index contributed by atoms with van der Waals surface area (Å²) in [6.07, 6.45) is 2.97. The van der Waals surface area contributed by atoms with Crippen molar-refractivity contribution in [2.24, 2.45) is 0 Å².